The molecule has 1 aromatic carbocycles. The van der Waals surface area contributed by atoms with Gasteiger partial charge in [0.1, 0.15) is 11.0 Å². The van der Waals surface area contributed by atoms with Crippen LogP contribution in [0.2, 0.25) is 0 Å². The standard InChI is InChI=1S/C18H24N6OS/c1-4-24(26(3)25)17-14(2)13-20-18(22-17)21-15-5-7-16(8-6-15)23-11-9-19-10-12-23/h4-8,13,19H,1,9-12H2,2-3H3,(H,20,21,22). The predicted molar refractivity (Wildman–Crippen MR) is 108 cm³/mol. The highest BCUT2D eigenvalue weighted by Crippen LogP contribution is 2.23. The van der Waals surface area contributed by atoms with E-state index in [4.69, 9.17) is 0 Å². The number of aromatic nitrogens is 2. The Bertz CT molecular complexity index is 789. The third-order valence-electron chi connectivity index (χ3n) is 4.20. The van der Waals surface area contributed by atoms with E-state index in [-0.39, 0.29) is 0 Å². The molecule has 3 rings (SSSR count). The molecule has 8 heteroatoms. The summed E-state index contributed by atoms with van der Waals surface area (Å²) in [5.41, 5.74) is 2.95. The van der Waals surface area contributed by atoms with Crippen molar-refractivity contribution >= 4 is 34.1 Å². The van der Waals surface area contributed by atoms with Crippen molar-refractivity contribution in [1.29, 1.82) is 0 Å². The van der Waals surface area contributed by atoms with Crippen molar-refractivity contribution in [2.24, 2.45) is 0 Å². The van der Waals surface area contributed by atoms with Gasteiger partial charge in [0.15, 0.2) is 5.82 Å². The molecule has 138 valence electrons. The fourth-order valence-electron chi connectivity index (χ4n) is 2.84. The van der Waals surface area contributed by atoms with Gasteiger partial charge in [0.25, 0.3) is 0 Å². The third-order valence-corrected chi connectivity index (χ3v) is 5.08. The molecule has 1 aliphatic rings. The molecule has 0 amide bonds. The van der Waals surface area contributed by atoms with Crippen LogP contribution in [0.15, 0.2) is 43.2 Å². The van der Waals surface area contributed by atoms with Crippen molar-refractivity contribution in [1.82, 2.24) is 15.3 Å². The summed E-state index contributed by atoms with van der Waals surface area (Å²) >= 11 is 0. The number of piperazine rings is 1. The lowest BCUT2D eigenvalue weighted by Gasteiger charge is -2.29. The molecule has 1 saturated heterocycles. The van der Waals surface area contributed by atoms with E-state index in [1.165, 1.54) is 16.2 Å². The Morgan fingerprint density at radius 1 is 1.31 bits per heavy atom. The molecule has 1 unspecified atom stereocenters. The van der Waals surface area contributed by atoms with Gasteiger partial charge in [0.2, 0.25) is 5.95 Å². The van der Waals surface area contributed by atoms with Crippen LogP contribution in [0, 0.1) is 6.92 Å². The Kier molecular flexibility index (Phi) is 5.85. The van der Waals surface area contributed by atoms with E-state index in [1.54, 1.807) is 12.5 Å². The molecule has 2 N–H and O–H groups in total. The van der Waals surface area contributed by atoms with E-state index < -0.39 is 11.0 Å². The Hall–Kier alpha value is -2.45. The maximum absolute atomic E-state index is 11.9. The molecule has 1 aliphatic heterocycles. The monoisotopic (exact) mass is 372 g/mol. The van der Waals surface area contributed by atoms with Gasteiger partial charge in [-0.2, -0.15) is 4.98 Å². The second-order valence-corrected chi connectivity index (χ2v) is 7.28. The zero-order valence-corrected chi connectivity index (χ0v) is 15.9. The minimum Gasteiger partial charge on any atom is -0.369 e. The lowest BCUT2D eigenvalue weighted by molar-refractivity contribution is 0.589. The summed E-state index contributed by atoms with van der Waals surface area (Å²) in [5, 5.41) is 6.56. The van der Waals surface area contributed by atoms with Crippen LogP contribution in [0.5, 0.6) is 0 Å². The van der Waals surface area contributed by atoms with Crippen molar-refractivity contribution in [3.63, 3.8) is 0 Å². The first kappa shape index (κ1) is 18.3. The molecule has 7 nitrogen and oxygen atoms in total. The van der Waals surface area contributed by atoms with Gasteiger partial charge < -0.3 is 15.5 Å². The fraction of sp³-hybridized carbons (Fsp3) is 0.333. The number of nitrogens with zero attached hydrogens (tertiary/aromatic N) is 4. The average molecular weight is 372 g/mol. The van der Waals surface area contributed by atoms with Gasteiger partial charge in [-0.3, -0.25) is 4.31 Å². The number of hydrogen-bond acceptors (Lipinski definition) is 6. The number of anilines is 4. The molecule has 0 bridgehead atoms. The predicted octanol–water partition coefficient (Wildman–Crippen LogP) is 2.18. The van der Waals surface area contributed by atoms with E-state index in [1.807, 2.05) is 19.1 Å². The Morgan fingerprint density at radius 2 is 2.00 bits per heavy atom. The minimum atomic E-state index is -1.24. The second kappa shape index (κ2) is 8.29. The molecule has 1 aromatic heterocycles. The third kappa shape index (κ3) is 4.20. The van der Waals surface area contributed by atoms with E-state index in [0.717, 1.165) is 37.4 Å². The van der Waals surface area contributed by atoms with Gasteiger partial charge in [-0.1, -0.05) is 6.58 Å². The van der Waals surface area contributed by atoms with Crippen molar-refractivity contribution in [3.8, 4) is 0 Å². The molecule has 26 heavy (non-hydrogen) atoms. The summed E-state index contributed by atoms with van der Waals surface area (Å²) in [6.45, 7) is 9.65. The maximum Gasteiger partial charge on any atom is 0.229 e. The van der Waals surface area contributed by atoms with Gasteiger partial charge >= 0.3 is 0 Å². The largest absolute Gasteiger partial charge is 0.369 e. The number of nitrogens with one attached hydrogen (secondary N) is 2. The quantitative estimate of drug-likeness (QED) is 0.810. The summed E-state index contributed by atoms with van der Waals surface area (Å²) < 4.78 is 13.4. The normalized spacial score (nSPS) is 15.4. The molecule has 0 radical (unpaired) electrons. The summed E-state index contributed by atoms with van der Waals surface area (Å²) in [7, 11) is -1.24. The van der Waals surface area contributed by atoms with Gasteiger partial charge in [-0.05, 0) is 31.2 Å². The van der Waals surface area contributed by atoms with Gasteiger partial charge in [-0.25, -0.2) is 9.19 Å². The second-order valence-electron chi connectivity index (χ2n) is 6.04. The van der Waals surface area contributed by atoms with Crippen LogP contribution in [0.1, 0.15) is 5.56 Å². The van der Waals surface area contributed by atoms with E-state index in [9.17, 15) is 4.21 Å². The van der Waals surface area contributed by atoms with Crippen LogP contribution >= 0.6 is 0 Å². The first-order chi connectivity index (χ1) is 12.6. The van der Waals surface area contributed by atoms with Gasteiger partial charge in [0.05, 0.1) is 0 Å². The smallest absolute Gasteiger partial charge is 0.229 e. The molecular weight excluding hydrogens is 348 g/mol. The van der Waals surface area contributed by atoms with Crippen LogP contribution < -0.4 is 19.8 Å². The maximum atomic E-state index is 11.9. The van der Waals surface area contributed by atoms with Crippen LogP contribution in [-0.2, 0) is 11.0 Å². The lowest BCUT2D eigenvalue weighted by atomic mass is 10.2. The highest BCUT2D eigenvalue weighted by Gasteiger charge is 2.14. The average Bonchev–Trinajstić information content (AvgIpc) is 2.66. The Labute approximate surface area is 156 Å². The number of hydrogen-bond donors (Lipinski definition) is 2. The molecule has 0 aliphatic carbocycles. The van der Waals surface area contributed by atoms with Crippen LogP contribution in [-0.4, -0.2) is 46.6 Å². The molecular formula is C18H24N6OS. The first-order valence-corrected chi connectivity index (χ1v) is 10.0. The first-order valence-electron chi connectivity index (χ1n) is 8.50. The van der Waals surface area contributed by atoms with Crippen molar-refractivity contribution < 1.29 is 4.21 Å². The minimum absolute atomic E-state index is 0.456. The molecule has 1 fully saturated rings. The van der Waals surface area contributed by atoms with Gasteiger partial charge in [-0.15, -0.1) is 0 Å². The van der Waals surface area contributed by atoms with Crippen LogP contribution in [0.3, 0.4) is 0 Å². The molecule has 0 spiro atoms. The van der Waals surface area contributed by atoms with E-state index >= 15 is 0 Å². The van der Waals surface area contributed by atoms with Gasteiger partial charge in [0, 0.05) is 61.8 Å². The molecule has 0 saturated carbocycles. The van der Waals surface area contributed by atoms with Crippen LogP contribution in [0.4, 0.5) is 23.1 Å². The topological polar surface area (TPSA) is 73.4 Å². The Balaban J connectivity index is 1.76. The highest BCUT2D eigenvalue weighted by molar-refractivity contribution is 7.85. The van der Waals surface area contributed by atoms with Crippen molar-refractivity contribution in [2.75, 3.05) is 47.0 Å². The molecule has 2 aromatic rings. The number of aryl methyl sites for hydroxylation is 1. The zero-order valence-electron chi connectivity index (χ0n) is 15.1. The fourth-order valence-corrected chi connectivity index (χ4v) is 3.48. The number of benzene rings is 1. The summed E-state index contributed by atoms with van der Waals surface area (Å²) in [6.07, 6.45) is 4.81. The van der Waals surface area contributed by atoms with E-state index in [2.05, 4.69) is 44.2 Å². The summed E-state index contributed by atoms with van der Waals surface area (Å²) in [4.78, 5) is 11.2. The van der Waals surface area contributed by atoms with Crippen molar-refractivity contribution in [2.45, 2.75) is 6.92 Å². The van der Waals surface area contributed by atoms with E-state index in [0.29, 0.717) is 11.8 Å². The highest BCUT2D eigenvalue weighted by atomic mass is 32.2. The summed E-state index contributed by atoms with van der Waals surface area (Å²) in [6, 6.07) is 8.23. The molecule has 2 heterocycles. The number of rotatable bonds is 6. The summed E-state index contributed by atoms with van der Waals surface area (Å²) in [5.74, 6) is 1.04. The molecule has 1 atom stereocenters. The Morgan fingerprint density at radius 3 is 2.62 bits per heavy atom. The zero-order chi connectivity index (χ0) is 18.5. The SMILES string of the molecule is C=CN(c1nc(Nc2ccc(N3CCNCC3)cc2)ncc1C)S(C)=O. The van der Waals surface area contributed by atoms with Crippen molar-refractivity contribution in [3.05, 3.63) is 48.8 Å². The van der Waals surface area contributed by atoms with Crippen LogP contribution in [0.25, 0.3) is 0 Å². The lowest BCUT2D eigenvalue weighted by Crippen LogP contribution is -2.43.